The molecule has 1 aliphatic rings. The third kappa shape index (κ3) is 3.29. The molecule has 0 amide bonds. The molecule has 0 spiro atoms. The van der Waals surface area contributed by atoms with Gasteiger partial charge in [-0.2, -0.15) is 0 Å². The zero-order chi connectivity index (χ0) is 7.07. The Labute approximate surface area is 60.8 Å². The van der Waals surface area contributed by atoms with Gasteiger partial charge in [0, 0.05) is 0 Å². The lowest BCUT2D eigenvalue weighted by atomic mass is 10.5. The molecular weight excluding hydrogens is 128 g/mol. The molecule has 0 fully saturated rings. The fraction of sp³-hybridized carbons (Fsp3) is 0.500. The van der Waals surface area contributed by atoms with Crippen molar-refractivity contribution in [1.29, 1.82) is 0 Å². The fourth-order valence-corrected chi connectivity index (χ4v) is 0.594. The van der Waals surface area contributed by atoms with E-state index in [0.29, 0.717) is 26.4 Å². The van der Waals surface area contributed by atoms with Crippen molar-refractivity contribution in [2.45, 2.75) is 0 Å². The molecule has 0 saturated heterocycles. The average molecular weight is 138 g/mol. The van der Waals surface area contributed by atoms with Crippen LogP contribution >= 0.6 is 0 Å². The van der Waals surface area contributed by atoms with Crippen LogP contribution < -0.4 is 0 Å². The van der Waals surface area contributed by atoms with Crippen LogP contribution in [0.25, 0.3) is 0 Å². The molecule has 2 heteroatoms. The van der Waals surface area contributed by atoms with Crippen molar-refractivity contribution in [2.75, 3.05) is 26.4 Å². The summed E-state index contributed by atoms with van der Waals surface area (Å²) in [5.41, 5.74) is 0. The second-order valence-electron chi connectivity index (χ2n) is 1.86. The van der Waals surface area contributed by atoms with Crippen molar-refractivity contribution in [3.63, 3.8) is 0 Å². The zero-order valence-corrected chi connectivity index (χ0v) is 5.80. The van der Waals surface area contributed by atoms with Crippen LogP contribution in [0, 0.1) is 11.8 Å². The van der Waals surface area contributed by atoms with Crippen molar-refractivity contribution in [1.82, 2.24) is 0 Å². The van der Waals surface area contributed by atoms with E-state index in [-0.39, 0.29) is 0 Å². The van der Waals surface area contributed by atoms with E-state index in [0.717, 1.165) is 0 Å². The molecule has 10 heavy (non-hydrogen) atoms. The lowest BCUT2D eigenvalue weighted by molar-refractivity contribution is 0.184. The molecule has 0 unspecified atom stereocenters. The minimum Gasteiger partial charge on any atom is -0.365 e. The molecule has 54 valence electrons. The first kappa shape index (κ1) is 7.33. The van der Waals surface area contributed by atoms with E-state index in [2.05, 4.69) is 11.8 Å². The summed E-state index contributed by atoms with van der Waals surface area (Å²) in [6.07, 6.45) is 3.88. The number of rotatable bonds is 0. The standard InChI is InChI=1S/C8H10O2/c1-2-6-10-8-4-3-7-9-5-1/h1-2H,5-8H2/b2-1-. The maximum absolute atomic E-state index is 5.09. The van der Waals surface area contributed by atoms with Crippen LogP contribution in [0.5, 0.6) is 0 Å². The van der Waals surface area contributed by atoms with Gasteiger partial charge in [0.2, 0.25) is 0 Å². The lowest BCUT2D eigenvalue weighted by Gasteiger charge is -1.96. The second kappa shape index (κ2) is 5.04. The van der Waals surface area contributed by atoms with Gasteiger partial charge in [-0.1, -0.05) is 24.0 Å². The monoisotopic (exact) mass is 138 g/mol. The Morgan fingerprint density at radius 3 is 1.90 bits per heavy atom. The van der Waals surface area contributed by atoms with Crippen molar-refractivity contribution < 1.29 is 9.47 Å². The summed E-state index contributed by atoms with van der Waals surface area (Å²) in [6.45, 7) is 2.29. The van der Waals surface area contributed by atoms with Gasteiger partial charge in [0.25, 0.3) is 0 Å². The zero-order valence-electron chi connectivity index (χ0n) is 5.80. The summed E-state index contributed by atoms with van der Waals surface area (Å²) in [6, 6.07) is 0. The van der Waals surface area contributed by atoms with E-state index in [9.17, 15) is 0 Å². The van der Waals surface area contributed by atoms with E-state index in [1.165, 1.54) is 0 Å². The van der Waals surface area contributed by atoms with Crippen molar-refractivity contribution in [3.05, 3.63) is 12.2 Å². The van der Waals surface area contributed by atoms with Gasteiger partial charge in [-0.05, 0) is 0 Å². The summed E-state index contributed by atoms with van der Waals surface area (Å²) in [5.74, 6) is 5.65. The van der Waals surface area contributed by atoms with Gasteiger partial charge in [-0.3, -0.25) is 0 Å². The summed E-state index contributed by atoms with van der Waals surface area (Å²) >= 11 is 0. The van der Waals surface area contributed by atoms with Gasteiger partial charge >= 0.3 is 0 Å². The topological polar surface area (TPSA) is 18.5 Å². The molecule has 0 aliphatic carbocycles. The van der Waals surface area contributed by atoms with Crippen LogP contribution in [-0.4, -0.2) is 26.4 Å². The van der Waals surface area contributed by atoms with Crippen molar-refractivity contribution in [3.8, 4) is 11.8 Å². The largest absolute Gasteiger partial charge is 0.365 e. The molecule has 0 atom stereocenters. The van der Waals surface area contributed by atoms with Crippen LogP contribution in [0.15, 0.2) is 12.2 Å². The van der Waals surface area contributed by atoms with Gasteiger partial charge in [-0.15, -0.1) is 0 Å². The summed E-state index contributed by atoms with van der Waals surface area (Å²) in [5, 5.41) is 0. The van der Waals surface area contributed by atoms with Gasteiger partial charge < -0.3 is 9.47 Å². The van der Waals surface area contributed by atoms with Gasteiger partial charge in [0.15, 0.2) is 0 Å². The van der Waals surface area contributed by atoms with E-state index in [4.69, 9.17) is 9.47 Å². The molecule has 1 aliphatic heterocycles. The van der Waals surface area contributed by atoms with E-state index >= 15 is 0 Å². The average Bonchev–Trinajstić information content (AvgIpc) is 2.01. The van der Waals surface area contributed by atoms with Gasteiger partial charge in [-0.25, -0.2) is 0 Å². The Morgan fingerprint density at radius 1 is 0.900 bits per heavy atom. The Morgan fingerprint density at radius 2 is 1.40 bits per heavy atom. The minimum atomic E-state index is 0.508. The predicted molar refractivity (Wildman–Crippen MR) is 38.6 cm³/mol. The molecule has 0 aromatic heterocycles. The molecule has 0 N–H and O–H groups in total. The third-order valence-corrected chi connectivity index (χ3v) is 1.07. The Kier molecular flexibility index (Phi) is 3.69. The van der Waals surface area contributed by atoms with Crippen LogP contribution in [0.4, 0.5) is 0 Å². The van der Waals surface area contributed by atoms with E-state index in [1.807, 2.05) is 12.2 Å². The van der Waals surface area contributed by atoms with Crippen LogP contribution in [0.3, 0.4) is 0 Å². The molecule has 1 heterocycles. The quantitative estimate of drug-likeness (QED) is 0.360. The first-order valence-corrected chi connectivity index (χ1v) is 3.26. The smallest absolute Gasteiger partial charge is 0.108 e. The molecule has 0 bridgehead atoms. The van der Waals surface area contributed by atoms with Gasteiger partial charge in [0.1, 0.15) is 13.2 Å². The summed E-state index contributed by atoms with van der Waals surface area (Å²) < 4.78 is 10.2. The second-order valence-corrected chi connectivity index (χ2v) is 1.86. The number of ether oxygens (including phenoxy) is 2. The maximum Gasteiger partial charge on any atom is 0.108 e. The molecule has 0 radical (unpaired) electrons. The summed E-state index contributed by atoms with van der Waals surface area (Å²) in [4.78, 5) is 0. The van der Waals surface area contributed by atoms with Gasteiger partial charge in [0.05, 0.1) is 13.2 Å². The van der Waals surface area contributed by atoms with E-state index in [1.54, 1.807) is 0 Å². The van der Waals surface area contributed by atoms with Crippen LogP contribution in [0.2, 0.25) is 0 Å². The fourth-order valence-electron chi connectivity index (χ4n) is 0.594. The highest BCUT2D eigenvalue weighted by Gasteiger charge is 1.82. The SMILES string of the molecule is C1#CCOC/C=C\COC1. The highest BCUT2D eigenvalue weighted by molar-refractivity contribution is 5.00. The van der Waals surface area contributed by atoms with Crippen LogP contribution in [-0.2, 0) is 9.47 Å². The highest BCUT2D eigenvalue weighted by Crippen LogP contribution is 1.82. The predicted octanol–water partition coefficient (Wildman–Crippen LogP) is 0.593. The number of hydrogen-bond acceptors (Lipinski definition) is 2. The molecule has 0 aromatic carbocycles. The highest BCUT2D eigenvalue weighted by atomic mass is 16.5. The van der Waals surface area contributed by atoms with E-state index < -0.39 is 0 Å². The summed E-state index contributed by atoms with van der Waals surface area (Å²) in [7, 11) is 0. The maximum atomic E-state index is 5.09. The van der Waals surface area contributed by atoms with Crippen molar-refractivity contribution >= 4 is 0 Å². The number of hydrogen-bond donors (Lipinski definition) is 0. The molecule has 0 aromatic rings. The molecule has 2 nitrogen and oxygen atoms in total. The Bertz CT molecular complexity index is 146. The minimum absolute atomic E-state index is 0.508. The first-order chi connectivity index (χ1) is 5.00. The molecule has 0 saturated carbocycles. The lowest BCUT2D eigenvalue weighted by Crippen LogP contribution is -1.97. The molecule has 1 rings (SSSR count). The third-order valence-electron chi connectivity index (χ3n) is 1.07. The Balaban J connectivity index is 2.27. The molecular formula is C8H10O2. The normalized spacial score (nSPS) is 22.4. The Hall–Kier alpha value is -0.780. The van der Waals surface area contributed by atoms with Crippen molar-refractivity contribution in [2.24, 2.45) is 0 Å². The van der Waals surface area contributed by atoms with Crippen LogP contribution in [0.1, 0.15) is 0 Å². The first-order valence-electron chi connectivity index (χ1n) is 3.26.